The summed E-state index contributed by atoms with van der Waals surface area (Å²) >= 11 is 1.41. The molecule has 1 atom stereocenters. The number of aliphatic carboxylic acids is 1. The van der Waals surface area contributed by atoms with Gasteiger partial charge in [0.25, 0.3) is 5.91 Å². The Bertz CT molecular complexity index is 667. The largest absolute Gasteiger partial charge is 0.480 e. The summed E-state index contributed by atoms with van der Waals surface area (Å²) in [5.74, 6) is -0.691. The maximum absolute atomic E-state index is 12.8. The number of hydrogen-bond acceptors (Lipinski definition) is 6. The van der Waals surface area contributed by atoms with E-state index in [1.807, 2.05) is 30.7 Å². The van der Waals surface area contributed by atoms with Crippen molar-refractivity contribution in [3.05, 3.63) is 10.6 Å². The van der Waals surface area contributed by atoms with E-state index in [1.54, 1.807) is 0 Å². The van der Waals surface area contributed by atoms with E-state index in [9.17, 15) is 14.7 Å². The van der Waals surface area contributed by atoms with Gasteiger partial charge in [0.2, 0.25) is 0 Å². The van der Waals surface area contributed by atoms with E-state index in [4.69, 9.17) is 0 Å². The van der Waals surface area contributed by atoms with Gasteiger partial charge in [0.1, 0.15) is 10.9 Å². The third kappa shape index (κ3) is 3.50. The molecule has 138 valence electrons. The minimum absolute atomic E-state index is 0.0340. The van der Waals surface area contributed by atoms with E-state index >= 15 is 0 Å². The van der Waals surface area contributed by atoms with Crippen LogP contribution in [0.4, 0.5) is 5.13 Å². The van der Waals surface area contributed by atoms with Gasteiger partial charge in [-0.2, -0.15) is 0 Å². The number of aryl methyl sites for hydroxylation is 1. The minimum Gasteiger partial charge on any atom is -0.480 e. The maximum Gasteiger partial charge on any atom is 0.320 e. The van der Waals surface area contributed by atoms with Gasteiger partial charge in [0.05, 0.1) is 5.69 Å². The molecule has 7 nitrogen and oxygen atoms in total. The van der Waals surface area contributed by atoms with Crippen LogP contribution in [0.25, 0.3) is 0 Å². The Morgan fingerprint density at radius 3 is 2.64 bits per heavy atom. The third-order valence-electron chi connectivity index (χ3n) is 5.46. The lowest BCUT2D eigenvalue weighted by molar-refractivity contribution is -0.141. The number of nitrogens with one attached hydrogen (secondary N) is 1. The number of carbonyl (C=O) groups is 2. The second-order valence-electron chi connectivity index (χ2n) is 7.23. The molecule has 1 aromatic heterocycles. The van der Waals surface area contributed by atoms with Gasteiger partial charge >= 0.3 is 5.97 Å². The van der Waals surface area contributed by atoms with Gasteiger partial charge in [-0.05, 0) is 45.6 Å². The molecule has 25 heavy (non-hydrogen) atoms. The van der Waals surface area contributed by atoms with Crippen LogP contribution in [0.1, 0.15) is 41.6 Å². The zero-order valence-corrected chi connectivity index (χ0v) is 15.9. The smallest absolute Gasteiger partial charge is 0.320 e. The average molecular weight is 366 g/mol. The predicted octanol–water partition coefficient (Wildman–Crippen LogP) is 1.89. The first kappa shape index (κ1) is 18.1. The number of carbonyl (C=O) groups excluding carboxylic acids is 1. The van der Waals surface area contributed by atoms with Gasteiger partial charge in [-0.1, -0.05) is 11.3 Å². The van der Waals surface area contributed by atoms with Crippen molar-refractivity contribution in [1.82, 2.24) is 14.8 Å². The van der Waals surface area contributed by atoms with E-state index in [1.165, 1.54) is 11.3 Å². The zero-order chi connectivity index (χ0) is 18.2. The Morgan fingerprint density at radius 2 is 2.08 bits per heavy atom. The fraction of sp³-hybridized carbons (Fsp3) is 0.706. The van der Waals surface area contributed by atoms with E-state index in [0.717, 1.165) is 36.8 Å². The summed E-state index contributed by atoms with van der Waals surface area (Å²) in [5.41, 5.74) is 0.810. The second kappa shape index (κ2) is 6.92. The van der Waals surface area contributed by atoms with Gasteiger partial charge in [-0.15, -0.1) is 0 Å². The Morgan fingerprint density at radius 1 is 1.40 bits per heavy atom. The monoisotopic (exact) mass is 366 g/mol. The van der Waals surface area contributed by atoms with Crippen LogP contribution in [0.15, 0.2) is 0 Å². The number of rotatable bonds is 4. The number of likely N-dealkylation sites (N-methyl/N-ethyl adjacent to an activating group) is 1. The van der Waals surface area contributed by atoms with Crippen LogP contribution in [0, 0.1) is 12.3 Å². The highest BCUT2D eigenvalue weighted by atomic mass is 32.1. The molecule has 0 aliphatic carbocycles. The standard InChI is InChI=1S/C17H26N4O3S/c1-4-18-16-19-11(2)13(25-16)14(22)21-7-5-17(6-8-21)9-12(15(23)24)20(3)10-17/h12H,4-10H2,1-3H3,(H,18,19)(H,23,24). The molecule has 1 unspecified atom stereocenters. The van der Waals surface area contributed by atoms with E-state index < -0.39 is 12.0 Å². The topological polar surface area (TPSA) is 85.8 Å². The minimum atomic E-state index is -0.742. The van der Waals surface area contributed by atoms with Crippen molar-refractivity contribution in [3.8, 4) is 0 Å². The van der Waals surface area contributed by atoms with Crippen molar-refractivity contribution in [1.29, 1.82) is 0 Å². The molecule has 3 rings (SSSR count). The zero-order valence-electron chi connectivity index (χ0n) is 15.0. The molecule has 2 saturated heterocycles. The number of aromatic nitrogens is 1. The average Bonchev–Trinajstić information content (AvgIpc) is 3.08. The summed E-state index contributed by atoms with van der Waals surface area (Å²) in [6, 6.07) is -0.395. The Kier molecular flexibility index (Phi) is 5.02. The molecule has 1 aromatic rings. The number of anilines is 1. The third-order valence-corrected chi connectivity index (χ3v) is 6.56. The number of likely N-dealkylation sites (tertiary alicyclic amines) is 2. The van der Waals surface area contributed by atoms with Gasteiger partial charge in [-0.25, -0.2) is 4.98 Å². The number of amides is 1. The van der Waals surface area contributed by atoms with Crippen LogP contribution in [0.3, 0.4) is 0 Å². The van der Waals surface area contributed by atoms with Gasteiger partial charge in [0.15, 0.2) is 5.13 Å². The van der Waals surface area contributed by atoms with Crippen LogP contribution >= 0.6 is 11.3 Å². The fourth-order valence-electron chi connectivity index (χ4n) is 4.06. The first-order valence-corrected chi connectivity index (χ1v) is 9.60. The molecular formula is C17H26N4O3S. The lowest BCUT2D eigenvalue weighted by Gasteiger charge is -2.39. The van der Waals surface area contributed by atoms with Crippen LogP contribution in [0.2, 0.25) is 0 Å². The number of thiazole rings is 1. The van der Waals surface area contributed by atoms with Crippen LogP contribution < -0.4 is 5.32 Å². The van der Waals surface area contributed by atoms with E-state index in [-0.39, 0.29) is 11.3 Å². The lowest BCUT2D eigenvalue weighted by Crippen LogP contribution is -2.44. The van der Waals surface area contributed by atoms with E-state index in [0.29, 0.717) is 24.4 Å². The Labute approximate surface area is 152 Å². The summed E-state index contributed by atoms with van der Waals surface area (Å²) in [6.45, 7) is 6.84. The second-order valence-corrected chi connectivity index (χ2v) is 8.23. The molecule has 1 spiro atoms. The summed E-state index contributed by atoms with van der Waals surface area (Å²) in [7, 11) is 1.88. The van der Waals surface area contributed by atoms with Crippen LogP contribution in [0.5, 0.6) is 0 Å². The first-order valence-electron chi connectivity index (χ1n) is 8.79. The molecule has 0 radical (unpaired) electrons. The number of carboxylic acid groups (broad SMARTS) is 1. The number of nitrogens with zero attached hydrogens (tertiary/aromatic N) is 3. The van der Waals surface area contributed by atoms with Crippen LogP contribution in [-0.2, 0) is 4.79 Å². The number of piperidine rings is 1. The molecule has 8 heteroatoms. The first-order chi connectivity index (χ1) is 11.8. The van der Waals surface area contributed by atoms with Crippen molar-refractivity contribution >= 4 is 28.3 Å². The molecule has 0 aromatic carbocycles. The van der Waals surface area contributed by atoms with Crippen molar-refractivity contribution in [2.24, 2.45) is 5.41 Å². The number of carboxylic acids is 1. The highest BCUT2D eigenvalue weighted by Gasteiger charge is 2.47. The van der Waals surface area contributed by atoms with Crippen molar-refractivity contribution in [2.75, 3.05) is 38.5 Å². The highest BCUT2D eigenvalue weighted by Crippen LogP contribution is 2.43. The summed E-state index contributed by atoms with van der Waals surface area (Å²) in [6.07, 6.45) is 2.42. The fourth-order valence-corrected chi connectivity index (χ4v) is 5.06. The summed E-state index contributed by atoms with van der Waals surface area (Å²) in [5, 5.41) is 13.3. The molecule has 2 aliphatic heterocycles. The van der Waals surface area contributed by atoms with Crippen molar-refractivity contribution < 1.29 is 14.7 Å². The molecule has 2 N–H and O–H groups in total. The normalized spacial score (nSPS) is 23.2. The Hall–Kier alpha value is -1.67. The van der Waals surface area contributed by atoms with Crippen molar-refractivity contribution in [2.45, 2.75) is 39.2 Å². The lowest BCUT2D eigenvalue weighted by atomic mass is 9.76. The molecule has 0 bridgehead atoms. The molecule has 2 aliphatic rings. The van der Waals surface area contributed by atoms with Gasteiger partial charge in [0, 0.05) is 26.2 Å². The van der Waals surface area contributed by atoms with Crippen molar-refractivity contribution in [3.63, 3.8) is 0 Å². The van der Waals surface area contributed by atoms with Gasteiger partial charge < -0.3 is 15.3 Å². The number of hydrogen-bond donors (Lipinski definition) is 2. The van der Waals surface area contributed by atoms with Crippen LogP contribution in [-0.4, -0.2) is 71.0 Å². The molecule has 3 heterocycles. The molecule has 2 fully saturated rings. The van der Waals surface area contributed by atoms with E-state index in [2.05, 4.69) is 10.3 Å². The SMILES string of the molecule is CCNc1nc(C)c(C(=O)N2CCC3(CC2)CC(C(=O)O)N(C)C3)s1. The summed E-state index contributed by atoms with van der Waals surface area (Å²) in [4.78, 5) is 33.2. The molecular weight excluding hydrogens is 340 g/mol. The van der Waals surface area contributed by atoms with Gasteiger partial charge in [-0.3, -0.25) is 14.5 Å². The molecule has 1 amide bonds. The summed E-state index contributed by atoms with van der Waals surface area (Å²) < 4.78 is 0. The predicted molar refractivity (Wildman–Crippen MR) is 97.3 cm³/mol. The Balaban J connectivity index is 1.64. The molecule has 0 saturated carbocycles. The maximum atomic E-state index is 12.8. The quantitative estimate of drug-likeness (QED) is 0.846. The highest BCUT2D eigenvalue weighted by molar-refractivity contribution is 7.17.